The predicted molar refractivity (Wildman–Crippen MR) is 90.0 cm³/mol. The second-order valence-electron chi connectivity index (χ2n) is 6.86. The largest absolute Gasteiger partial charge is 0.461 e. The maximum absolute atomic E-state index is 11.8. The SMILES string of the molecule is C=C1C(=O)O[C@H]2C/C(C)=C/C/C=C(/COC(=O)C(C)C)[C@H](O)C[C@H]12. The maximum atomic E-state index is 11.8. The lowest BCUT2D eigenvalue weighted by Crippen LogP contribution is -2.26. The van der Waals surface area contributed by atoms with Gasteiger partial charge in [0.1, 0.15) is 12.7 Å². The van der Waals surface area contributed by atoms with E-state index < -0.39 is 6.10 Å². The zero-order valence-electron chi connectivity index (χ0n) is 14.6. The molecule has 5 heteroatoms. The Morgan fingerprint density at radius 3 is 2.83 bits per heavy atom. The molecule has 1 aliphatic heterocycles. The number of carbonyl (C=O) groups excluding carboxylic acids is 2. The van der Waals surface area contributed by atoms with E-state index in [1.165, 1.54) is 0 Å². The van der Waals surface area contributed by atoms with Crippen molar-refractivity contribution in [2.75, 3.05) is 6.61 Å². The smallest absolute Gasteiger partial charge is 0.334 e. The molecule has 0 spiro atoms. The molecule has 1 aliphatic carbocycles. The van der Waals surface area contributed by atoms with Crippen LogP contribution in [0.2, 0.25) is 0 Å². The van der Waals surface area contributed by atoms with Crippen LogP contribution in [-0.4, -0.2) is 35.9 Å². The van der Waals surface area contributed by atoms with E-state index in [0.29, 0.717) is 30.4 Å². The third kappa shape index (κ3) is 4.35. The number of esters is 2. The summed E-state index contributed by atoms with van der Waals surface area (Å²) >= 11 is 0. The highest BCUT2D eigenvalue weighted by atomic mass is 16.6. The quantitative estimate of drug-likeness (QED) is 0.488. The summed E-state index contributed by atoms with van der Waals surface area (Å²) < 4.78 is 10.7. The van der Waals surface area contributed by atoms with Gasteiger partial charge in [0, 0.05) is 17.9 Å². The number of fused-ring (bicyclic) bond motifs is 1. The summed E-state index contributed by atoms with van der Waals surface area (Å²) in [6, 6.07) is 0. The van der Waals surface area contributed by atoms with E-state index >= 15 is 0 Å². The van der Waals surface area contributed by atoms with Gasteiger partial charge in [-0.3, -0.25) is 4.79 Å². The second-order valence-corrected chi connectivity index (χ2v) is 6.86. The summed E-state index contributed by atoms with van der Waals surface area (Å²) in [5.41, 5.74) is 2.19. The summed E-state index contributed by atoms with van der Waals surface area (Å²) in [5.74, 6) is -1.12. The van der Waals surface area contributed by atoms with Crippen LogP contribution in [0.5, 0.6) is 0 Å². The van der Waals surface area contributed by atoms with Gasteiger partial charge in [-0.1, -0.05) is 38.2 Å². The summed E-state index contributed by atoms with van der Waals surface area (Å²) in [5, 5.41) is 10.6. The van der Waals surface area contributed by atoms with E-state index in [0.717, 1.165) is 5.57 Å². The van der Waals surface area contributed by atoms with E-state index in [1.54, 1.807) is 13.8 Å². The highest BCUT2D eigenvalue weighted by Gasteiger charge is 2.40. The molecule has 24 heavy (non-hydrogen) atoms. The summed E-state index contributed by atoms with van der Waals surface area (Å²) in [7, 11) is 0. The Morgan fingerprint density at radius 1 is 1.46 bits per heavy atom. The van der Waals surface area contributed by atoms with Crippen molar-refractivity contribution in [3.05, 3.63) is 35.5 Å². The molecular formula is C19H26O5. The molecule has 2 aliphatic rings. The molecule has 0 aromatic rings. The molecule has 0 bridgehead atoms. The Kier molecular flexibility index (Phi) is 5.99. The normalized spacial score (nSPS) is 32.3. The van der Waals surface area contributed by atoms with Gasteiger partial charge in [0.25, 0.3) is 0 Å². The highest BCUT2D eigenvalue weighted by molar-refractivity contribution is 5.90. The zero-order chi connectivity index (χ0) is 17.9. The third-order valence-corrected chi connectivity index (χ3v) is 4.54. The molecule has 1 heterocycles. The van der Waals surface area contributed by atoms with Crippen LogP contribution in [0.1, 0.15) is 40.0 Å². The minimum atomic E-state index is -0.796. The average molecular weight is 334 g/mol. The van der Waals surface area contributed by atoms with Crippen molar-refractivity contribution in [1.29, 1.82) is 0 Å². The predicted octanol–water partition coefficient (Wildman–Crippen LogP) is 2.70. The Hall–Kier alpha value is -1.88. The van der Waals surface area contributed by atoms with Crippen LogP contribution in [0.25, 0.3) is 0 Å². The number of aliphatic hydroxyl groups is 1. The minimum Gasteiger partial charge on any atom is -0.461 e. The number of ether oxygens (including phenoxy) is 2. The van der Waals surface area contributed by atoms with E-state index in [4.69, 9.17) is 9.47 Å². The van der Waals surface area contributed by atoms with Gasteiger partial charge in [0.05, 0.1) is 12.0 Å². The van der Waals surface area contributed by atoms with Crippen molar-refractivity contribution in [2.24, 2.45) is 11.8 Å². The number of aliphatic hydroxyl groups excluding tert-OH is 1. The first-order valence-corrected chi connectivity index (χ1v) is 8.38. The van der Waals surface area contributed by atoms with Crippen LogP contribution in [-0.2, 0) is 19.1 Å². The Balaban J connectivity index is 2.17. The fourth-order valence-corrected chi connectivity index (χ4v) is 2.97. The van der Waals surface area contributed by atoms with Gasteiger partial charge in [-0.2, -0.15) is 0 Å². The first-order chi connectivity index (χ1) is 11.3. The van der Waals surface area contributed by atoms with Crippen LogP contribution in [0.4, 0.5) is 0 Å². The molecule has 0 aromatic carbocycles. The van der Waals surface area contributed by atoms with Crippen LogP contribution in [0.15, 0.2) is 35.5 Å². The van der Waals surface area contributed by atoms with Gasteiger partial charge < -0.3 is 14.6 Å². The van der Waals surface area contributed by atoms with Gasteiger partial charge in [-0.05, 0) is 25.3 Å². The first-order valence-electron chi connectivity index (χ1n) is 8.38. The molecule has 0 aromatic heterocycles. The standard InChI is InChI=1S/C19H26O5/c1-11(2)18(21)23-10-14-7-5-6-12(3)8-17-15(9-16(14)20)13(4)19(22)24-17/h6-7,11,15-17,20H,4-5,8-10H2,1-3H3/b12-6+,14-7-/t15-,16-,17+/m1/s1. The monoisotopic (exact) mass is 334 g/mol. The molecule has 132 valence electrons. The van der Waals surface area contributed by atoms with E-state index in [9.17, 15) is 14.7 Å². The maximum Gasteiger partial charge on any atom is 0.334 e. The molecule has 1 fully saturated rings. The molecule has 0 unspecified atom stereocenters. The molecule has 1 N–H and O–H groups in total. The van der Waals surface area contributed by atoms with E-state index in [1.807, 2.05) is 19.1 Å². The Bertz CT molecular complexity index is 585. The first kappa shape index (κ1) is 18.5. The van der Waals surface area contributed by atoms with Gasteiger partial charge in [0.2, 0.25) is 0 Å². The topological polar surface area (TPSA) is 72.8 Å². The number of allylic oxidation sites excluding steroid dienone is 2. The molecule has 1 saturated heterocycles. The zero-order valence-corrected chi connectivity index (χ0v) is 14.6. The highest BCUT2D eigenvalue weighted by Crippen LogP contribution is 2.35. The fourth-order valence-electron chi connectivity index (χ4n) is 2.97. The van der Waals surface area contributed by atoms with E-state index in [2.05, 4.69) is 6.58 Å². The molecule has 3 atom stereocenters. The van der Waals surface area contributed by atoms with E-state index in [-0.39, 0.29) is 36.5 Å². The summed E-state index contributed by atoms with van der Waals surface area (Å²) in [6.45, 7) is 9.41. The minimum absolute atomic E-state index is 0.0593. The Labute approximate surface area is 143 Å². The van der Waals surface area contributed by atoms with Gasteiger partial charge in [-0.25, -0.2) is 4.79 Å². The van der Waals surface area contributed by atoms with Crippen LogP contribution in [0.3, 0.4) is 0 Å². The number of rotatable bonds is 3. The van der Waals surface area contributed by atoms with Crippen LogP contribution < -0.4 is 0 Å². The lowest BCUT2D eigenvalue weighted by atomic mass is 9.85. The fraction of sp³-hybridized carbons (Fsp3) is 0.579. The lowest BCUT2D eigenvalue weighted by molar-refractivity contribution is -0.146. The summed E-state index contributed by atoms with van der Waals surface area (Å²) in [4.78, 5) is 23.5. The summed E-state index contributed by atoms with van der Waals surface area (Å²) in [6.07, 6.45) is 4.48. The van der Waals surface area contributed by atoms with Crippen molar-refractivity contribution in [2.45, 2.75) is 52.2 Å². The van der Waals surface area contributed by atoms with Crippen LogP contribution >= 0.6 is 0 Å². The number of hydrogen-bond donors (Lipinski definition) is 1. The molecular weight excluding hydrogens is 308 g/mol. The van der Waals surface area contributed by atoms with Crippen molar-refractivity contribution in [3.63, 3.8) is 0 Å². The Morgan fingerprint density at radius 2 is 2.17 bits per heavy atom. The molecule has 2 rings (SSSR count). The third-order valence-electron chi connectivity index (χ3n) is 4.54. The van der Waals surface area contributed by atoms with Crippen molar-refractivity contribution < 1.29 is 24.2 Å². The van der Waals surface area contributed by atoms with Crippen molar-refractivity contribution >= 4 is 11.9 Å². The van der Waals surface area contributed by atoms with Crippen LogP contribution in [0, 0.1) is 11.8 Å². The molecule has 0 radical (unpaired) electrons. The second kappa shape index (κ2) is 7.79. The van der Waals surface area contributed by atoms with Gasteiger partial charge >= 0.3 is 11.9 Å². The molecule has 0 saturated carbocycles. The van der Waals surface area contributed by atoms with Crippen molar-refractivity contribution in [1.82, 2.24) is 0 Å². The number of hydrogen-bond acceptors (Lipinski definition) is 5. The van der Waals surface area contributed by atoms with Crippen molar-refractivity contribution in [3.8, 4) is 0 Å². The van der Waals surface area contributed by atoms with Gasteiger partial charge in [0.15, 0.2) is 0 Å². The van der Waals surface area contributed by atoms with Gasteiger partial charge in [-0.15, -0.1) is 0 Å². The average Bonchev–Trinajstić information content (AvgIpc) is 2.77. The lowest BCUT2D eigenvalue weighted by Gasteiger charge is -2.24. The number of carbonyl (C=O) groups is 2. The molecule has 5 nitrogen and oxygen atoms in total. The molecule has 0 amide bonds.